The molecule has 0 saturated carbocycles. The predicted octanol–water partition coefficient (Wildman–Crippen LogP) is 3.43. The maximum atomic E-state index is 12.1. The number of aliphatic hydroxyl groups excluding tert-OH is 2. The highest BCUT2D eigenvalue weighted by molar-refractivity contribution is 5.68. The number of aliphatic hydroxyl groups is 2. The molecular formula is C26H40N2O6. The Morgan fingerprint density at radius 3 is 1.88 bits per heavy atom. The normalized spacial score (nSPS) is 15.0. The summed E-state index contributed by atoms with van der Waals surface area (Å²) in [6.07, 6.45) is 7.84. The minimum absolute atomic E-state index is 0.153. The van der Waals surface area contributed by atoms with Gasteiger partial charge in [0.2, 0.25) is 0 Å². The number of ether oxygens (including phenoxy) is 2. The number of rotatable bonds is 10. The van der Waals surface area contributed by atoms with E-state index in [0.717, 1.165) is 0 Å². The monoisotopic (exact) mass is 476 g/mol. The molecule has 4 N–H and O–H groups in total. The largest absolute Gasteiger partial charge is 0.444 e. The van der Waals surface area contributed by atoms with Crippen molar-refractivity contribution < 1.29 is 29.3 Å². The van der Waals surface area contributed by atoms with E-state index in [4.69, 9.17) is 15.9 Å². The molecule has 34 heavy (non-hydrogen) atoms. The van der Waals surface area contributed by atoms with Crippen molar-refractivity contribution in [3.05, 3.63) is 24.8 Å². The van der Waals surface area contributed by atoms with Crippen LogP contribution >= 0.6 is 0 Å². The number of hydrogen-bond donors (Lipinski definition) is 4. The van der Waals surface area contributed by atoms with Gasteiger partial charge in [-0.3, -0.25) is 0 Å². The molecule has 0 spiro atoms. The minimum Gasteiger partial charge on any atom is -0.444 e. The summed E-state index contributed by atoms with van der Waals surface area (Å²) in [5, 5.41) is 25.5. The summed E-state index contributed by atoms with van der Waals surface area (Å²) < 4.78 is 10.4. The van der Waals surface area contributed by atoms with E-state index in [1.165, 1.54) is 12.2 Å². The van der Waals surface area contributed by atoms with Gasteiger partial charge in [-0.1, -0.05) is 24.0 Å². The van der Waals surface area contributed by atoms with Gasteiger partial charge >= 0.3 is 12.2 Å². The van der Waals surface area contributed by atoms with Crippen molar-refractivity contribution in [2.75, 3.05) is 0 Å². The fraction of sp³-hybridized carbons (Fsp3) is 0.615. The summed E-state index contributed by atoms with van der Waals surface area (Å²) in [6, 6.07) is -1.01. The Hall–Kier alpha value is -2.94. The topological polar surface area (TPSA) is 117 Å². The highest BCUT2D eigenvalue weighted by Gasteiger charge is 2.21. The number of terminal acetylenes is 1. The number of nitrogens with one attached hydrogen (secondary N) is 2. The van der Waals surface area contributed by atoms with E-state index in [1.54, 1.807) is 47.6 Å². The van der Waals surface area contributed by atoms with Crippen LogP contribution in [-0.2, 0) is 9.47 Å². The van der Waals surface area contributed by atoms with Gasteiger partial charge < -0.3 is 30.3 Å². The zero-order chi connectivity index (χ0) is 26.4. The molecule has 0 saturated heterocycles. The van der Waals surface area contributed by atoms with E-state index in [2.05, 4.69) is 35.0 Å². The van der Waals surface area contributed by atoms with E-state index in [0.29, 0.717) is 0 Å². The van der Waals surface area contributed by atoms with E-state index >= 15 is 0 Å². The lowest BCUT2D eigenvalue weighted by Gasteiger charge is -2.23. The van der Waals surface area contributed by atoms with Crippen LogP contribution in [0.2, 0.25) is 0 Å². The summed E-state index contributed by atoms with van der Waals surface area (Å²) in [5.74, 6) is 8.00. The maximum absolute atomic E-state index is 12.1. The van der Waals surface area contributed by atoms with E-state index < -0.39 is 47.7 Å². The fourth-order valence-corrected chi connectivity index (χ4v) is 2.61. The first-order valence-corrected chi connectivity index (χ1v) is 11.2. The van der Waals surface area contributed by atoms with E-state index in [9.17, 15) is 19.8 Å². The zero-order valence-electron chi connectivity index (χ0n) is 21.2. The Kier molecular flexibility index (Phi) is 13.8. The number of amides is 2. The Morgan fingerprint density at radius 1 is 0.941 bits per heavy atom. The molecule has 0 radical (unpaired) electrons. The summed E-state index contributed by atoms with van der Waals surface area (Å²) in [7, 11) is 0. The van der Waals surface area contributed by atoms with Crippen molar-refractivity contribution in [1.82, 2.24) is 10.6 Å². The van der Waals surface area contributed by atoms with Gasteiger partial charge in [-0.2, -0.15) is 0 Å². The first-order chi connectivity index (χ1) is 15.6. The van der Waals surface area contributed by atoms with Crippen molar-refractivity contribution >= 4 is 12.2 Å². The molecule has 0 aromatic rings. The zero-order valence-corrected chi connectivity index (χ0v) is 21.2. The molecule has 0 fully saturated rings. The smallest absolute Gasteiger partial charge is 0.408 e. The van der Waals surface area contributed by atoms with Gasteiger partial charge in [-0.15, -0.1) is 18.9 Å². The quantitative estimate of drug-likeness (QED) is 0.283. The maximum Gasteiger partial charge on any atom is 0.408 e. The highest BCUT2D eigenvalue weighted by Crippen LogP contribution is 2.10. The molecule has 0 heterocycles. The van der Waals surface area contributed by atoms with Crippen LogP contribution in [0.1, 0.15) is 67.2 Å². The van der Waals surface area contributed by atoms with Crippen LogP contribution in [0.25, 0.3) is 0 Å². The third-order valence-electron chi connectivity index (χ3n) is 3.95. The second-order valence-electron chi connectivity index (χ2n) is 9.81. The molecule has 0 aromatic heterocycles. The van der Waals surface area contributed by atoms with Gasteiger partial charge in [0, 0.05) is 12.8 Å². The van der Waals surface area contributed by atoms with Crippen molar-refractivity contribution in [2.24, 2.45) is 0 Å². The number of alkyl carbamates (subject to hydrolysis) is 2. The van der Waals surface area contributed by atoms with Crippen molar-refractivity contribution in [1.29, 1.82) is 0 Å². The highest BCUT2D eigenvalue weighted by atomic mass is 16.6. The molecule has 4 atom stereocenters. The third-order valence-corrected chi connectivity index (χ3v) is 3.95. The third kappa shape index (κ3) is 17.6. The molecule has 0 rings (SSSR count). The molecule has 0 bridgehead atoms. The number of carbonyl (C=O) groups excluding carboxylic acids is 2. The van der Waals surface area contributed by atoms with Crippen molar-refractivity contribution in [2.45, 2.75) is 103 Å². The summed E-state index contributed by atoms with van der Waals surface area (Å²) in [4.78, 5) is 23.9. The molecule has 190 valence electrons. The first-order valence-electron chi connectivity index (χ1n) is 11.2. The predicted molar refractivity (Wildman–Crippen MR) is 133 cm³/mol. The lowest BCUT2D eigenvalue weighted by atomic mass is 10.1. The molecular weight excluding hydrogens is 436 g/mol. The molecule has 8 heteroatoms. The van der Waals surface area contributed by atoms with Gasteiger partial charge in [0.1, 0.15) is 11.2 Å². The van der Waals surface area contributed by atoms with Gasteiger partial charge in [-0.25, -0.2) is 9.59 Å². The minimum atomic E-state index is -0.799. The number of carbonyl (C=O) groups is 2. The van der Waals surface area contributed by atoms with Crippen LogP contribution in [0.4, 0.5) is 9.59 Å². The summed E-state index contributed by atoms with van der Waals surface area (Å²) in [5.41, 5.74) is -1.29. The van der Waals surface area contributed by atoms with Crippen molar-refractivity contribution in [3.63, 3.8) is 0 Å². The van der Waals surface area contributed by atoms with E-state index in [1.807, 2.05) is 0 Å². The van der Waals surface area contributed by atoms with Gasteiger partial charge in [0.25, 0.3) is 0 Å². The number of allylic oxidation sites excluding steroid dienone is 1. The standard InChI is InChI=1S/C26H40N2O6/c1-9-14-21(29)18-20(28-24(32)34-26(6,7)8)15-12-11-13-16-22(30)17-19(10-2)27-23(31)33-25(3,4)5/h1,10,12,15,19-22,29-30H,2,14,16-18H2,3-8H3,(H,27,31)(H,28,32)/b15-12+/t19-,20+,21+,22+/m0/s1. The SMILES string of the molecule is C#CC[C@@H](O)C[C@@H](/C=C/C#CC[C@@H](O)C[C@H](C=C)NC(=O)OC(C)(C)C)NC(=O)OC(C)(C)C. The fourth-order valence-electron chi connectivity index (χ4n) is 2.61. The molecule has 0 aromatic carbocycles. The Balaban J connectivity index is 4.87. The Labute approximate surface area is 204 Å². The Bertz CT molecular complexity index is 789. The molecule has 0 unspecified atom stereocenters. The van der Waals surface area contributed by atoms with Crippen LogP contribution < -0.4 is 10.6 Å². The molecule has 8 nitrogen and oxygen atoms in total. The number of hydrogen-bond acceptors (Lipinski definition) is 6. The van der Waals surface area contributed by atoms with Crippen molar-refractivity contribution in [3.8, 4) is 24.2 Å². The molecule has 0 aliphatic heterocycles. The lowest BCUT2D eigenvalue weighted by Crippen LogP contribution is -2.39. The summed E-state index contributed by atoms with van der Waals surface area (Å²) in [6.45, 7) is 14.2. The molecule has 2 amide bonds. The van der Waals surface area contributed by atoms with Gasteiger partial charge in [0.15, 0.2) is 0 Å². The second kappa shape index (κ2) is 15.1. The average Bonchev–Trinajstić information content (AvgIpc) is 2.64. The molecule has 0 aliphatic rings. The van der Waals surface area contributed by atoms with Gasteiger partial charge in [0.05, 0.1) is 24.3 Å². The van der Waals surface area contributed by atoms with Crippen LogP contribution in [0.3, 0.4) is 0 Å². The second-order valence-corrected chi connectivity index (χ2v) is 9.81. The van der Waals surface area contributed by atoms with Crippen LogP contribution in [0.15, 0.2) is 24.8 Å². The van der Waals surface area contributed by atoms with Gasteiger partial charge in [-0.05, 0) is 60.5 Å². The van der Waals surface area contributed by atoms with Crippen LogP contribution in [-0.4, -0.2) is 57.9 Å². The molecule has 0 aliphatic carbocycles. The van der Waals surface area contributed by atoms with Crippen LogP contribution in [0, 0.1) is 24.2 Å². The average molecular weight is 477 g/mol. The van der Waals surface area contributed by atoms with Crippen LogP contribution in [0.5, 0.6) is 0 Å². The summed E-state index contributed by atoms with van der Waals surface area (Å²) >= 11 is 0. The first kappa shape index (κ1) is 31.1. The lowest BCUT2D eigenvalue weighted by molar-refractivity contribution is 0.0486. The van der Waals surface area contributed by atoms with E-state index in [-0.39, 0.29) is 25.7 Å². The Morgan fingerprint density at radius 2 is 1.41 bits per heavy atom.